The Hall–Kier alpha value is -2.40. The first-order valence-corrected chi connectivity index (χ1v) is 8.56. The van der Waals surface area contributed by atoms with Crippen LogP contribution in [0.5, 0.6) is 0 Å². The summed E-state index contributed by atoms with van der Waals surface area (Å²) in [5, 5.41) is 3.09. The molecule has 1 heterocycles. The van der Waals surface area contributed by atoms with E-state index < -0.39 is 6.10 Å². The summed E-state index contributed by atoms with van der Waals surface area (Å²) in [5.74, 6) is -0.336. The average molecular weight is 342 g/mol. The standard InChI is InChI=1S/C20H23FN2O2/c1-25-19(15-6-3-2-4-7-15)20(24)22-17-10-12-23(13-11-17)18-9-5-8-16(21)14-18/h2-9,14,17,19H,10-13H2,1H3,(H,22,24)/t19-/m0/s1. The molecule has 2 aromatic rings. The Morgan fingerprint density at radius 2 is 1.88 bits per heavy atom. The second-order valence-corrected chi connectivity index (χ2v) is 6.28. The van der Waals surface area contributed by atoms with Crippen LogP contribution < -0.4 is 10.2 Å². The maximum atomic E-state index is 13.4. The number of ether oxygens (including phenoxy) is 1. The van der Waals surface area contributed by atoms with E-state index >= 15 is 0 Å². The fraction of sp³-hybridized carbons (Fsp3) is 0.350. The molecule has 0 aromatic heterocycles. The van der Waals surface area contributed by atoms with Crippen molar-refractivity contribution in [1.82, 2.24) is 5.32 Å². The third kappa shape index (κ3) is 4.37. The highest BCUT2D eigenvalue weighted by Gasteiger charge is 2.25. The third-order valence-electron chi connectivity index (χ3n) is 4.59. The SMILES string of the molecule is CO[C@H](C(=O)NC1CCN(c2cccc(F)c2)CC1)c1ccccc1. The van der Waals surface area contributed by atoms with Gasteiger partial charge in [-0.2, -0.15) is 0 Å². The highest BCUT2D eigenvalue weighted by Crippen LogP contribution is 2.22. The molecule has 0 spiro atoms. The van der Waals surface area contributed by atoms with Gasteiger partial charge in [-0.05, 0) is 36.6 Å². The maximum absolute atomic E-state index is 13.4. The molecule has 1 saturated heterocycles. The van der Waals surface area contributed by atoms with Crippen LogP contribution in [0.1, 0.15) is 24.5 Å². The van der Waals surface area contributed by atoms with E-state index in [0.29, 0.717) is 0 Å². The van der Waals surface area contributed by atoms with Crippen LogP contribution in [0.4, 0.5) is 10.1 Å². The molecule has 1 atom stereocenters. The highest BCUT2D eigenvalue weighted by atomic mass is 19.1. The zero-order valence-electron chi connectivity index (χ0n) is 14.3. The number of methoxy groups -OCH3 is 1. The first-order chi connectivity index (χ1) is 12.2. The van der Waals surface area contributed by atoms with Gasteiger partial charge in [-0.25, -0.2) is 4.39 Å². The first-order valence-electron chi connectivity index (χ1n) is 8.56. The number of nitrogens with one attached hydrogen (secondary N) is 1. The van der Waals surface area contributed by atoms with Gasteiger partial charge < -0.3 is 15.0 Å². The first kappa shape index (κ1) is 17.4. The molecule has 1 aliphatic heterocycles. The summed E-state index contributed by atoms with van der Waals surface area (Å²) >= 11 is 0. The number of carbonyl (C=O) groups excluding carboxylic acids is 1. The number of benzene rings is 2. The number of carbonyl (C=O) groups is 1. The van der Waals surface area contributed by atoms with E-state index in [1.54, 1.807) is 19.2 Å². The minimum atomic E-state index is -0.595. The number of halogens is 1. The third-order valence-corrected chi connectivity index (χ3v) is 4.59. The van der Waals surface area contributed by atoms with Crippen LogP contribution >= 0.6 is 0 Å². The largest absolute Gasteiger partial charge is 0.371 e. The van der Waals surface area contributed by atoms with Gasteiger partial charge in [0, 0.05) is 31.9 Å². The minimum absolute atomic E-state index is 0.110. The summed E-state index contributed by atoms with van der Waals surface area (Å²) in [6.45, 7) is 1.58. The van der Waals surface area contributed by atoms with Gasteiger partial charge in [0.25, 0.3) is 5.91 Å². The van der Waals surface area contributed by atoms with E-state index in [1.165, 1.54) is 6.07 Å². The monoisotopic (exact) mass is 342 g/mol. The van der Waals surface area contributed by atoms with Gasteiger partial charge in [0.15, 0.2) is 6.10 Å². The Labute approximate surface area is 147 Å². The number of hydrogen-bond donors (Lipinski definition) is 1. The van der Waals surface area contributed by atoms with Gasteiger partial charge in [-0.3, -0.25) is 4.79 Å². The lowest BCUT2D eigenvalue weighted by Gasteiger charge is -2.34. The number of hydrogen-bond acceptors (Lipinski definition) is 3. The lowest BCUT2D eigenvalue weighted by molar-refractivity contribution is -0.132. The van der Waals surface area contributed by atoms with Gasteiger partial charge in [0.2, 0.25) is 0 Å². The molecule has 0 unspecified atom stereocenters. The van der Waals surface area contributed by atoms with Crippen LogP contribution in [0.25, 0.3) is 0 Å². The molecule has 25 heavy (non-hydrogen) atoms. The average Bonchev–Trinajstić information content (AvgIpc) is 2.64. The van der Waals surface area contributed by atoms with E-state index in [9.17, 15) is 9.18 Å². The predicted molar refractivity (Wildman–Crippen MR) is 96.0 cm³/mol. The number of nitrogens with zero attached hydrogens (tertiary/aromatic N) is 1. The van der Waals surface area contributed by atoms with Crippen LogP contribution in [-0.4, -0.2) is 32.1 Å². The van der Waals surface area contributed by atoms with Gasteiger partial charge >= 0.3 is 0 Å². The van der Waals surface area contributed by atoms with Crippen LogP contribution in [-0.2, 0) is 9.53 Å². The summed E-state index contributed by atoms with van der Waals surface area (Å²) in [6, 6.07) is 16.2. The van der Waals surface area contributed by atoms with Crippen LogP contribution in [0.3, 0.4) is 0 Å². The van der Waals surface area contributed by atoms with Crippen molar-refractivity contribution in [3.63, 3.8) is 0 Å². The molecular weight excluding hydrogens is 319 g/mol. The van der Waals surface area contributed by atoms with Gasteiger partial charge in [0.1, 0.15) is 5.82 Å². The predicted octanol–water partition coefficient (Wildman–Crippen LogP) is 3.30. The molecule has 132 valence electrons. The molecule has 2 aromatic carbocycles. The fourth-order valence-electron chi connectivity index (χ4n) is 3.25. The van der Waals surface area contributed by atoms with Crippen LogP contribution in [0, 0.1) is 5.82 Å². The zero-order valence-corrected chi connectivity index (χ0v) is 14.3. The Morgan fingerprint density at radius 1 is 1.16 bits per heavy atom. The molecule has 1 fully saturated rings. The Morgan fingerprint density at radius 3 is 2.52 bits per heavy atom. The fourth-order valence-corrected chi connectivity index (χ4v) is 3.25. The van der Waals surface area contributed by atoms with Crippen LogP contribution in [0.15, 0.2) is 54.6 Å². The molecule has 1 aliphatic rings. The molecule has 0 aliphatic carbocycles. The molecule has 0 radical (unpaired) electrons. The molecule has 5 heteroatoms. The summed E-state index contributed by atoms with van der Waals surface area (Å²) in [4.78, 5) is 14.7. The number of anilines is 1. The van der Waals surface area contributed by atoms with Crippen molar-refractivity contribution < 1.29 is 13.9 Å². The molecule has 0 bridgehead atoms. The molecule has 1 amide bonds. The summed E-state index contributed by atoms with van der Waals surface area (Å²) in [6.07, 6.45) is 1.06. The second-order valence-electron chi connectivity index (χ2n) is 6.28. The Kier molecular flexibility index (Phi) is 5.66. The Bertz CT molecular complexity index is 700. The zero-order chi connectivity index (χ0) is 17.6. The number of amides is 1. The smallest absolute Gasteiger partial charge is 0.253 e. The number of rotatable bonds is 5. The lowest BCUT2D eigenvalue weighted by atomic mass is 10.0. The van der Waals surface area contributed by atoms with Gasteiger partial charge in [0.05, 0.1) is 0 Å². The van der Waals surface area contributed by atoms with Crippen molar-refractivity contribution in [1.29, 1.82) is 0 Å². The summed E-state index contributed by atoms with van der Waals surface area (Å²) < 4.78 is 18.7. The summed E-state index contributed by atoms with van der Waals surface area (Å²) in [5.41, 5.74) is 1.74. The molecule has 1 N–H and O–H groups in total. The van der Waals surface area contributed by atoms with Gasteiger partial charge in [-0.1, -0.05) is 36.4 Å². The van der Waals surface area contributed by atoms with Crippen molar-refractivity contribution in [2.75, 3.05) is 25.1 Å². The molecular formula is C20H23FN2O2. The highest BCUT2D eigenvalue weighted by molar-refractivity contribution is 5.82. The lowest BCUT2D eigenvalue weighted by Crippen LogP contribution is -2.46. The van der Waals surface area contributed by atoms with Crippen molar-refractivity contribution in [2.45, 2.75) is 25.0 Å². The summed E-state index contributed by atoms with van der Waals surface area (Å²) in [7, 11) is 1.55. The second kappa shape index (κ2) is 8.12. The molecule has 4 nitrogen and oxygen atoms in total. The van der Waals surface area contributed by atoms with Crippen molar-refractivity contribution in [3.8, 4) is 0 Å². The van der Waals surface area contributed by atoms with E-state index in [-0.39, 0.29) is 17.8 Å². The van der Waals surface area contributed by atoms with Crippen LogP contribution in [0.2, 0.25) is 0 Å². The minimum Gasteiger partial charge on any atom is -0.371 e. The number of piperidine rings is 1. The van der Waals surface area contributed by atoms with E-state index in [2.05, 4.69) is 10.2 Å². The molecule has 0 saturated carbocycles. The van der Waals surface area contributed by atoms with E-state index in [1.807, 2.05) is 36.4 Å². The van der Waals surface area contributed by atoms with Crippen molar-refractivity contribution >= 4 is 11.6 Å². The van der Waals surface area contributed by atoms with Crippen molar-refractivity contribution in [2.24, 2.45) is 0 Å². The topological polar surface area (TPSA) is 41.6 Å². The van der Waals surface area contributed by atoms with E-state index in [0.717, 1.165) is 37.2 Å². The maximum Gasteiger partial charge on any atom is 0.253 e. The van der Waals surface area contributed by atoms with Gasteiger partial charge in [-0.15, -0.1) is 0 Å². The molecule has 3 rings (SSSR count). The van der Waals surface area contributed by atoms with E-state index in [4.69, 9.17) is 4.74 Å². The van der Waals surface area contributed by atoms with Crippen molar-refractivity contribution in [3.05, 3.63) is 66.0 Å². The normalized spacial score (nSPS) is 16.5. The quantitative estimate of drug-likeness (QED) is 0.906. The Balaban J connectivity index is 1.55.